The Hall–Kier alpha value is -2.03. The molecule has 0 bridgehead atoms. The number of ether oxygens (including phenoxy) is 2. The molecule has 1 aromatic heterocycles. The van der Waals surface area contributed by atoms with Crippen LogP contribution in [0.25, 0.3) is 0 Å². The van der Waals surface area contributed by atoms with Crippen LogP contribution >= 0.6 is 24.0 Å². The van der Waals surface area contributed by atoms with E-state index in [1.54, 1.807) is 7.11 Å². The Kier molecular flexibility index (Phi) is 11.2. The molecule has 0 amide bonds. The van der Waals surface area contributed by atoms with Crippen LogP contribution in [0.1, 0.15) is 19.0 Å². The van der Waals surface area contributed by atoms with Gasteiger partial charge in [0.1, 0.15) is 5.75 Å². The molecular formula is C19H27IN4O2. The average molecular weight is 470 g/mol. The summed E-state index contributed by atoms with van der Waals surface area (Å²) >= 11 is 0. The third-order valence-electron chi connectivity index (χ3n) is 3.36. The van der Waals surface area contributed by atoms with E-state index in [4.69, 9.17) is 9.47 Å². The number of hydrogen-bond acceptors (Lipinski definition) is 4. The van der Waals surface area contributed by atoms with E-state index in [2.05, 4.69) is 20.6 Å². The van der Waals surface area contributed by atoms with Gasteiger partial charge < -0.3 is 20.1 Å². The summed E-state index contributed by atoms with van der Waals surface area (Å²) in [7, 11) is 1.61. The fourth-order valence-electron chi connectivity index (χ4n) is 2.15. The number of nitrogens with zero attached hydrogens (tertiary/aromatic N) is 2. The van der Waals surface area contributed by atoms with E-state index in [1.165, 1.54) is 0 Å². The summed E-state index contributed by atoms with van der Waals surface area (Å²) < 4.78 is 10.8. The second-order valence-corrected chi connectivity index (χ2v) is 5.31. The van der Waals surface area contributed by atoms with E-state index in [1.807, 2.05) is 55.5 Å². The lowest BCUT2D eigenvalue weighted by Gasteiger charge is -2.12. The number of halogens is 1. The van der Waals surface area contributed by atoms with Gasteiger partial charge in [0.2, 0.25) is 5.88 Å². The first kappa shape index (κ1) is 22.0. The second-order valence-electron chi connectivity index (χ2n) is 5.31. The van der Waals surface area contributed by atoms with Crippen molar-refractivity contribution in [2.75, 3.05) is 26.8 Å². The maximum atomic E-state index is 5.68. The van der Waals surface area contributed by atoms with Crippen molar-refractivity contribution >= 4 is 29.9 Å². The number of aromatic nitrogens is 1. The standard InChI is InChI=1S/C19H26N4O2.HI/c1-3-20-19(22-15-16-9-7-12-18(23-16)24-2)21-13-8-14-25-17-10-5-4-6-11-17;/h4-7,9-12H,3,8,13-15H2,1-2H3,(H2,20,21,22);1H. The molecule has 0 aliphatic heterocycles. The number of rotatable bonds is 9. The molecule has 26 heavy (non-hydrogen) atoms. The number of para-hydroxylation sites is 1. The molecule has 0 saturated carbocycles. The highest BCUT2D eigenvalue weighted by atomic mass is 127. The van der Waals surface area contributed by atoms with Crippen molar-refractivity contribution in [2.45, 2.75) is 19.9 Å². The van der Waals surface area contributed by atoms with Gasteiger partial charge in [0, 0.05) is 19.2 Å². The smallest absolute Gasteiger partial charge is 0.213 e. The zero-order valence-corrected chi connectivity index (χ0v) is 17.6. The van der Waals surface area contributed by atoms with E-state index in [-0.39, 0.29) is 24.0 Å². The maximum absolute atomic E-state index is 5.68. The largest absolute Gasteiger partial charge is 0.494 e. The number of nitrogens with one attached hydrogen (secondary N) is 2. The van der Waals surface area contributed by atoms with Crippen LogP contribution in [0.3, 0.4) is 0 Å². The Labute approximate surface area is 172 Å². The highest BCUT2D eigenvalue weighted by Crippen LogP contribution is 2.08. The van der Waals surface area contributed by atoms with Gasteiger partial charge in [-0.05, 0) is 31.5 Å². The van der Waals surface area contributed by atoms with Crippen molar-refractivity contribution in [1.82, 2.24) is 15.6 Å². The lowest BCUT2D eigenvalue weighted by molar-refractivity contribution is 0.311. The molecule has 2 aromatic rings. The van der Waals surface area contributed by atoms with E-state index < -0.39 is 0 Å². The third kappa shape index (κ3) is 8.37. The van der Waals surface area contributed by atoms with Gasteiger partial charge in [-0.1, -0.05) is 24.3 Å². The second kappa shape index (κ2) is 13.2. The topological polar surface area (TPSA) is 67.8 Å². The normalized spacial score (nSPS) is 10.6. The quantitative estimate of drug-likeness (QED) is 0.255. The fraction of sp³-hybridized carbons (Fsp3) is 0.368. The molecule has 7 heteroatoms. The number of aliphatic imine (C=N–C) groups is 1. The van der Waals surface area contributed by atoms with Crippen molar-refractivity contribution in [1.29, 1.82) is 0 Å². The summed E-state index contributed by atoms with van der Waals surface area (Å²) in [6.45, 7) is 4.78. The highest BCUT2D eigenvalue weighted by molar-refractivity contribution is 14.0. The van der Waals surface area contributed by atoms with Crippen LogP contribution in [0.15, 0.2) is 53.5 Å². The first-order valence-corrected chi connectivity index (χ1v) is 8.51. The molecule has 0 aliphatic carbocycles. The first-order chi connectivity index (χ1) is 12.3. The minimum Gasteiger partial charge on any atom is -0.494 e. The molecule has 0 radical (unpaired) electrons. The van der Waals surface area contributed by atoms with Crippen LogP contribution in [-0.4, -0.2) is 37.7 Å². The Bertz CT molecular complexity index is 653. The number of benzene rings is 1. The molecule has 0 aliphatic rings. The zero-order valence-electron chi connectivity index (χ0n) is 15.3. The molecule has 2 rings (SSSR count). The highest BCUT2D eigenvalue weighted by Gasteiger charge is 2.00. The third-order valence-corrected chi connectivity index (χ3v) is 3.36. The van der Waals surface area contributed by atoms with E-state index in [9.17, 15) is 0 Å². The lowest BCUT2D eigenvalue weighted by atomic mass is 10.3. The van der Waals surface area contributed by atoms with Crippen molar-refractivity contribution in [3.8, 4) is 11.6 Å². The fourth-order valence-corrected chi connectivity index (χ4v) is 2.15. The van der Waals surface area contributed by atoms with E-state index in [0.29, 0.717) is 19.0 Å². The Morgan fingerprint density at radius 3 is 2.62 bits per heavy atom. The summed E-state index contributed by atoms with van der Waals surface area (Å²) in [6.07, 6.45) is 0.886. The minimum atomic E-state index is 0. The van der Waals surface area contributed by atoms with Gasteiger partial charge in [0.05, 0.1) is 26.0 Å². The summed E-state index contributed by atoms with van der Waals surface area (Å²) in [6, 6.07) is 15.5. The van der Waals surface area contributed by atoms with Crippen LogP contribution in [0.4, 0.5) is 0 Å². The molecule has 0 spiro atoms. The summed E-state index contributed by atoms with van der Waals surface area (Å²) in [5, 5.41) is 6.53. The molecule has 2 N–H and O–H groups in total. The maximum Gasteiger partial charge on any atom is 0.213 e. The Morgan fingerprint density at radius 1 is 1.08 bits per heavy atom. The van der Waals surface area contributed by atoms with Crippen molar-refractivity contribution in [3.05, 3.63) is 54.2 Å². The van der Waals surface area contributed by atoms with Gasteiger partial charge in [-0.15, -0.1) is 24.0 Å². The van der Waals surface area contributed by atoms with E-state index in [0.717, 1.165) is 36.9 Å². The Balaban J connectivity index is 0.00000338. The van der Waals surface area contributed by atoms with Gasteiger partial charge in [0.15, 0.2) is 5.96 Å². The summed E-state index contributed by atoms with van der Waals surface area (Å²) in [4.78, 5) is 8.91. The molecule has 0 saturated heterocycles. The molecular weight excluding hydrogens is 443 g/mol. The number of hydrogen-bond donors (Lipinski definition) is 2. The van der Waals surface area contributed by atoms with Gasteiger partial charge in [-0.25, -0.2) is 9.98 Å². The average Bonchev–Trinajstić information content (AvgIpc) is 2.66. The minimum absolute atomic E-state index is 0. The number of guanidine groups is 1. The predicted molar refractivity (Wildman–Crippen MR) is 116 cm³/mol. The number of pyridine rings is 1. The molecule has 0 unspecified atom stereocenters. The summed E-state index contributed by atoms with van der Waals surface area (Å²) in [5.74, 6) is 2.27. The van der Waals surface area contributed by atoms with E-state index >= 15 is 0 Å². The van der Waals surface area contributed by atoms with Gasteiger partial charge in [0.25, 0.3) is 0 Å². The monoisotopic (exact) mass is 470 g/mol. The zero-order chi connectivity index (χ0) is 17.7. The molecule has 1 aromatic carbocycles. The van der Waals surface area contributed by atoms with Gasteiger partial charge in [-0.2, -0.15) is 0 Å². The lowest BCUT2D eigenvalue weighted by Crippen LogP contribution is -2.38. The predicted octanol–water partition coefficient (Wildman–Crippen LogP) is 3.23. The van der Waals surface area contributed by atoms with Crippen LogP contribution < -0.4 is 20.1 Å². The first-order valence-electron chi connectivity index (χ1n) is 8.51. The van der Waals surface area contributed by atoms with Crippen molar-refractivity contribution in [2.24, 2.45) is 4.99 Å². The molecule has 1 heterocycles. The summed E-state index contributed by atoms with van der Waals surface area (Å²) in [5.41, 5.74) is 0.865. The molecule has 0 atom stereocenters. The van der Waals surface area contributed by atoms with Gasteiger partial charge >= 0.3 is 0 Å². The van der Waals surface area contributed by atoms with Crippen LogP contribution in [-0.2, 0) is 6.54 Å². The van der Waals surface area contributed by atoms with Crippen LogP contribution in [0, 0.1) is 0 Å². The van der Waals surface area contributed by atoms with Crippen LogP contribution in [0.2, 0.25) is 0 Å². The van der Waals surface area contributed by atoms with Crippen molar-refractivity contribution < 1.29 is 9.47 Å². The SMILES string of the molecule is CCNC(=NCc1cccc(OC)n1)NCCCOc1ccccc1.I. The molecule has 142 valence electrons. The van der Waals surface area contributed by atoms with Crippen molar-refractivity contribution in [3.63, 3.8) is 0 Å². The Morgan fingerprint density at radius 2 is 1.88 bits per heavy atom. The van der Waals surface area contributed by atoms with Gasteiger partial charge in [-0.3, -0.25) is 0 Å². The number of methoxy groups -OCH3 is 1. The molecule has 0 fully saturated rings. The molecule has 6 nitrogen and oxygen atoms in total. The van der Waals surface area contributed by atoms with Crippen LogP contribution in [0.5, 0.6) is 11.6 Å².